The number of halogens is 2. The minimum absolute atomic E-state index is 0.0360. The zero-order valence-electron chi connectivity index (χ0n) is 12.0. The summed E-state index contributed by atoms with van der Waals surface area (Å²) in [6.07, 6.45) is 2.02. The topological polar surface area (TPSA) is 58.6 Å². The van der Waals surface area contributed by atoms with E-state index in [2.05, 4.69) is 10.1 Å². The largest absolute Gasteiger partial charge is 0.435 e. The molecule has 0 fully saturated rings. The molecule has 1 heterocycles. The summed E-state index contributed by atoms with van der Waals surface area (Å²) in [5.74, 6) is -0.391. The van der Waals surface area contributed by atoms with E-state index in [9.17, 15) is 18.7 Å². The summed E-state index contributed by atoms with van der Waals surface area (Å²) in [5, 5.41) is 14.4. The molecule has 1 atom stereocenters. The number of hydrogen-bond donors (Lipinski definition) is 2. The number of thiophene rings is 1. The number of carbonyl (C=O) groups excluding carboxylic acids is 1. The highest BCUT2D eigenvalue weighted by molar-refractivity contribution is 7.10. The van der Waals surface area contributed by atoms with E-state index in [0.717, 1.165) is 4.88 Å². The van der Waals surface area contributed by atoms with Gasteiger partial charge in [0.2, 0.25) is 5.91 Å². The number of carbonyl (C=O) groups is 1. The molecule has 1 amide bonds. The van der Waals surface area contributed by atoms with Crippen LogP contribution in [0.4, 0.5) is 8.78 Å². The van der Waals surface area contributed by atoms with Gasteiger partial charge in [-0.2, -0.15) is 8.78 Å². The Morgan fingerprint density at radius 1 is 1.35 bits per heavy atom. The Morgan fingerprint density at radius 3 is 2.87 bits per heavy atom. The Kier molecular flexibility index (Phi) is 6.25. The second-order valence-electron chi connectivity index (χ2n) is 4.56. The van der Waals surface area contributed by atoms with Gasteiger partial charge >= 0.3 is 6.61 Å². The second-order valence-corrected chi connectivity index (χ2v) is 5.54. The van der Waals surface area contributed by atoms with Crippen molar-refractivity contribution in [1.29, 1.82) is 0 Å². The molecule has 122 valence electrons. The van der Waals surface area contributed by atoms with Crippen LogP contribution in [-0.4, -0.2) is 24.2 Å². The van der Waals surface area contributed by atoms with E-state index in [0.29, 0.717) is 5.56 Å². The lowest BCUT2D eigenvalue weighted by molar-refractivity contribution is -0.116. The summed E-state index contributed by atoms with van der Waals surface area (Å²) in [7, 11) is 0. The van der Waals surface area contributed by atoms with Crippen LogP contribution in [0.1, 0.15) is 16.5 Å². The summed E-state index contributed by atoms with van der Waals surface area (Å²) in [4.78, 5) is 12.6. The zero-order chi connectivity index (χ0) is 16.7. The molecule has 0 aliphatic rings. The fourth-order valence-electron chi connectivity index (χ4n) is 1.82. The van der Waals surface area contributed by atoms with E-state index in [1.165, 1.54) is 35.6 Å². The number of aliphatic hydroxyl groups is 1. The van der Waals surface area contributed by atoms with Gasteiger partial charge in [-0.3, -0.25) is 4.79 Å². The van der Waals surface area contributed by atoms with E-state index in [1.54, 1.807) is 12.1 Å². The fraction of sp³-hybridized carbons (Fsp3) is 0.188. The van der Waals surface area contributed by atoms with Crippen LogP contribution < -0.4 is 10.1 Å². The summed E-state index contributed by atoms with van der Waals surface area (Å²) >= 11 is 1.50. The molecular weight excluding hydrogens is 324 g/mol. The van der Waals surface area contributed by atoms with Gasteiger partial charge in [-0.25, -0.2) is 0 Å². The van der Waals surface area contributed by atoms with Crippen molar-refractivity contribution < 1.29 is 23.4 Å². The molecule has 0 saturated carbocycles. The highest BCUT2D eigenvalue weighted by Crippen LogP contribution is 2.20. The molecule has 0 saturated heterocycles. The van der Waals surface area contributed by atoms with Crippen LogP contribution in [-0.2, 0) is 4.79 Å². The molecule has 0 spiro atoms. The van der Waals surface area contributed by atoms with Crippen LogP contribution in [0.3, 0.4) is 0 Å². The van der Waals surface area contributed by atoms with Gasteiger partial charge in [0.1, 0.15) is 5.75 Å². The van der Waals surface area contributed by atoms with Gasteiger partial charge in [-0.1, -0.05) is 18.2 Å². The SMILES string of the molecule is O=C(/C=C/c1cccs1)NCC(O)c1cccc(OC(F)F)c1. The van der Waals surface area contributed by atoms with Gasteiger partial charge in [-0.15, -0.1) is 11.3 Å². The maximum Gasteiger partial charge on any atom is 0.387 e. The Labute approximate surface area is 136 Å². The van der Waals surface area contributed by atoms with Gasteiger partial charge in [0.15, 0.2) is 0 Å². The van der Waals surface area contributed by atoms with E-state index in [4.69, 9.17) is 0 Å². The molecule has 1 aromatic heterocycles. The lowest BCUT2D eigenvalue weighted by Crippen LogP contribution is -2.26. The number of benzene rings is 1. The Morgan fingerprint density at radius 2 is 2.17 bits per heavy atom. The summed E-state index contributed by atoms with van der Waals surface area (Å²) in [6.45, 7) is -2.96. The standard InChI is InChI=1S/C16H15F2NO3S/c17-16(18)22-12-4-1-3-11(9-12)14(20)10-19-15(21)7-6-13-5-2-8-23-13/h1-9,14,16,20H,10H2,(H,19,21)/b7-6+. The Balaban J connectivity index is 1.86. The summed E-state index contributed by atoms with van der Waals surface area (Å²) in [5.41, 5.74) is 0.380. The first-order chi connectivity index (χ1) is 11.0. The number of hydrogen-bond acceptors (Lipinski definition) is 4. The van der Waals surface area contributed by atoms with Crippen molar-refractivity contribution in [3.05, 3.63) is 58.3 Å². The van der Waals surface area contributed by atoms with Crippen molar-refractivity contribution in [1.82, 2.24) is 5.32 Å². The summed E-state index contributed by atoms with van der Waals surface area (Å²) < 4.78 is 28.6. The van der Waals surface area contributed by atoms with Crippen LogP contribution >= 0.6 is 11.3 Å². The number of alkyl halides is 2. The first kappa shape index (κ1) is 17.1. The van der Waals surface area contributed by atoms with Crippen molar-refractivity contribution in [2.24, 2.45) is 0 Å². The molecule has 0 radical (unpaired) electrons. The predicted octanol–water partition coefficient (Wildman–Crippen LogP) is 3.21. The van der Waals surface area contributed by atoms with Crippen LogP contribution in [0.15, 0.2) is 47.9 Å². The number of ether oxygens (including phenoxy) is 1. The molecule has 1 aromatic carbocycles. The van der Waals surface area contributed by atoms with Crippen LogP contribution in [0.5, 0.6) is 5.75 Å². The quantitative estimate of drug-likeness (QED) is 0.762. The molecule has 0 aliphatic carbocycles. The van der Waals surface area contributed by atoms with Crippen molar-refractivity contribution >= 4 is 23.3 Å². The molecule has 2 N–H and O–H groups in total. The molecule has 1 unspecified atom stereocenters. The average Bonchev–Trinajstić information content (AvgIpc) is 3.03. The van der Waals surface area contributed by atoms with Gasteiger partial charge in [0.05, 0.1) is 6.10 Å². The number of aliphatic hydroxyl groups excluding tert-OH is 1. The van der Waals surface area contributed by atoms with Gasteiger partial charge < -0.3 is 15.2 Å². The maximum atomic E-state index is 12.2. The Hall–Kier alpha value is -2.25. The van der Waals surface area contributed by atoms with Crippen LogP contribution in [0.25, 0.3) is 6.08 Å². The lowest BCUT2D eigenvalue weighted by Gasteiger charge is -2.13. The summed E-state index contributed by atoms with van der Waals surface area (Å²) in [6, 6.07) is 9.48. The molecule has 0 aliphatic heterocycles. The van der Waals surface area contributed by atoms with Gasteiger partial charge in [0, 0.05) is 17.5 Å². The van der Waals surface area contributed by atoms with Crippen molar-refractivity contribution in [2.45, 2.75) is 12.7 Å². The van der Waals surface area contributed by atoms with Crippen molar-refractivity contribution in [2.75, 3.05) is 6.54 Å². The number of amides is 1. The number of nitrogens with one attached hydrogen (secondary N) is 1. The predicted molar refractivity (Wildman–Crippen MR) is 84.4 cm³/mol. The second kappa shape index (κ2) is 8.40. The number of rotatable bonds is 7. The third kappa shape index (κ3) is 5.80. The molecule has 7 heteroatoms. The average molecular weight is 339 g/mol. The molecule has 0 bridgehead atoms. The third-order valence-electron chi connectivity index (χ3n) is 2.88. The highest BCUT2D eigenvalue weighted by Gasteiger charge is 2.11. The molecule has 23 heavy (non-hydrogen) atoms. The third-order valence-corrected chi connectivity index (χ3v) is 3.72. The van der Waals surface area contributed by atoms with E-state index in [1.807, 2.05) is 17.5 Å². The zero-order valence-corrected chi connectivity index (χ0v) is 12.8. The Bertz CT molecular complexity index is 659. The molecule has 2 aromatic rings. The van der Waals surface area contributed by atoms with Gasteiger partial charge in [0.25, 0.3) is 0 Å². The maximum absolute atomic E-state index is 12.2. The van der Waals surface area contributed by atoms with E-state index >= 15 is 0 Å². The monoisotopic (exact) mass is 339 g/mol. The smallest absolute Gasteiger partial charge is 0.387 e. The van der Waals surface area contributed by atoms with Crippen molar-refractivity contribution in [3.63, 3.8) is 0 Å². The minimum atomic E-state index is -2.93. The first-order valence-electron chi connectivity index (χ1n) is 6.77. The minimum Gasteiger partial charge on any atom is -0.435 e. The molecule has 4 nitrogen and oxygen atoms in total. The van der Waals surface area contributed by atoms with E-state index < -0.39 is 12.7 Å². The normalized spacial score (nSPS) is 12.5. The molecule has 2 rings (SSSR count). The fourth-order valence-corrected chi connectivity index (χ4v) is 2.43. The first-order valence-corrected chi connectivity index (χ1v) is 7.65. The van der Waals surface area contributed by atoms with E-state index in [-0.39, 0.29) is 18.2 Å². The van der Waals surface area contributed by atoms with Crippen LogP contribution in [0, 0.1) is 0 Å². The van der Waals surface area contributed by atoms with Crippen molar-refractivity contribution in [3.8, 4) is 5.75 Å². The molecular formula is C16H15F2NO3S. The van der Waals surface area contributed by atoms with Gasteiger partial charge in [-0.05, 0) is 35.2 Å². The van der Waals surface area contributed by atoms with Crippen LogP contribution in [0.2, 0.25) is 0 Å². The lowest BCUT2D eigenvalue weighted by atomic mass is 10.1. The highest BCUT2D eigenvalue weighted by atomic mass is 32.1.